The van der Waals surface area contributed by atoms with Crippen LogP contribution in [0.5, 0.6) is 0 Å². The maximum atomic E-state index is 11.0. The molecule has 1 rings (SSSR count). The summed E-state index contributed by atoms with van der Waals surface area (Å²) in [5, 5.41) is 2.45. The number of hydrogen-bond acceptors (Lipinski definition) is 3. The van der Waals surface area contributed by atoms with E-state index in [1.54, 1.807) is 7.05 Å². The van der Waals surface area contributed by atoms with Gasteiger partial charge in [-0.2, -0.15) is 0 Å². The van der Waals surface area contributed by atoms with Crippen LogP contribution < -0.4 is 5.32 Å². The van der Waals surface area contributed by atoms with Crippen molar-refractivity contribution in [1.29, 1.82) is 0 Å². The number of amides is 1. The van der Waals surface area contributed by atoms with Crippen LogP contribution in [0.4, 0.5) is 4.79 Å². The van der Waals surface area contributed by atoms with E-state index in [4.69, 9.17) is 4.74 Å². The first kappa shape index (κ1) is 15.5. The quantitative estimate of drug-likeness (QED) is 0.821. The van der Waals surface area contributed by atoms with Crippen molar-refractivity contribution in [3.63, 3.8) is 0 Å². The SMILES string of the molecule is CNC(=O)OCCC(CCc1ccccc1)N(C)C. The predicted molar refractivity (Wildman–Crippen MR) is 77.3 cm³/mol. The smallest absolute Gasteiger partial charge is 0.406 e. The number of nitrogens with zero attached hydrogens (tertiary/aromatic N) is 1. The molecule has 4 heteroatoms. The Bertz CT molecular complexity index is 366. The van der Waals surface area contributed by atoms with Crippen LogP contribution in [0, 0.1) is 0 Å². The molecule has 1 atom stereocenters. The van der Waals surface area contributed by atoms with E-state index in [-0.39, 0.29) is 6.09 Å². The Balaban J connectivity index is 2.34. The van der Waals surface area contributed by atoms with Gasteiger partial charge in [-0.15, -0.1) is 0 Å². The fourth-order valence-electron chi connectivity index (χ4n) is 2.00. The molecule has 0 aliphatic heterocycles. The molecule has 1 unspecified atom stereocenters. The van der Waals surface area contributed by atoms with Crippen LogP contribution in [0.1, 0.15) is 18.4 Å². The number of ether oxygens (including phenoxy) is 1. The van der Waals surface area contributed by atoms with Gasteiger partial charge >= 0.3 is 6.09 Å². The Morgan fingerprint density at radius 3 is 2.53 bits per heavy atom. The Labute approximate surface area is 115 Å². The van der Waals surface area contributed by atoms with Crippen molar-refractivity contribution in [3.05, 3.63) is 35.9 Å². The molecule has 0 spiro atoms. The topological polar surface area (TPSA) is 41.6 Å². The third-order valence-corrected chi connectivity index (χ3v) is 3.23. The average molecular weight is 264 g/mol. The van der Waals surface area contributed by atoms with E-state index >= 15 is 0 Å². The minimum Gasteiger partial charge on any atom is -0.450 e. The van der Waals surface area contributed by atoms with Gasteiger partial charge in [0.25, 0.3) is 0 Å². The summed E-state index contributed by atoms with van der Waals surface area (Å²) in [7, 11) is 5.70. The summed E-state index contributed by atoms with van der Waals surface area (Å²) in [6.07, 6.45) is 2.60. The van der Waals surface area contributed by atoms with Crippen LogP contribution in [0.25, 0.3) is 0 Å². The number of carbonyl (C=O) groups is 1. The van der Waals surface area contributed by atoms with Gasteiger partial charge in [-0.3, -0.25) is 0 Å². The maximum Gasteiger partial charge on any atom is 0.406 e. The van der Waals surface area contributed by atoms with Crippen LogP contribution in [0.15, 0.2) is 30.3 Å². The van der Waals surface area contributed by atoms with Crippen LogP contribution in [-0.4, -0.2) is 44.8 Å². The van der Waals surface area contributed by atoms with Gasteiger partial charge in [-0.05, 0) is 38.9 Å². The van der Waals surface area contributed by atoms with Gasteiger partial charge in [0.15, 0.2) is 0 Å². The lowest BCUT2D eigenvalue weighted by Crippen LogP contribution is -2.31. The first-order chi connectivity index (χ1) is 9.13. The molecule has 4 nitrogen and oxygen atoms in total. The molecule has 1 amide bonds. The van der Waals surface area contributed by atoms with Crippen LogP contribution in [0.2, 0.25) is 0 Å². The normalized spacial score (nSPS) is 12.2. The molecule has 0 saturated heterocycles. The maximum absolute atomic E-state index is 11.0. The zero-order chi connectivity index (χ0) is 14.1. The van der Waals surface area contributed by atoms with Gasteiger partial charge in [0.1, 0.15) is 0 Å². The van der Waals surface area contributed by atoms with E-state index in [2.05, 4.69) is 48.6 Å². The number of alkyl carbamates (subject to hydrolysis) is 1. The summed E-state index contributed by atoms with van der Waals surface area (Å²) in [6.45, 7) is 0.456. The second kappa shape index (κ2) is 8.53. The van der Waals surface area contributed by atoms with Gasteiger partial charge in [-0.25, -0.2) is 4.79 Å². The fourth-order valence-corrected chi connectivity index (χ4v) is 2.00. The van der Waals surface area contributed by atoms with E-state index in [9.17, 15) is 4.79 Å². The summed E-state index contributed by atoms with van der Waals surface area (Å²) in [5.41, 5.74) is 1.35. The minimum absolute atomic E-state index is 0.361. The highest BCUT2D eigenvalue weighted by Crippen LogP contribution is 2.11. The van der Waals surface area contributed by atoms with Crippen molar-refractivity contribution < 1.29 is 9.53 Å². The average Bonchev–Trinajstić information content (AvgIpc) is 2.43. The molecule has 0 saturated carbocycles. The van der Waals surface area contributed by atoms with E-state index in [1.165, 1.54) is 5.56 Å². The molecule has 0 bridgehead atoms. The lowest BCUT2D eigenvalue weighted by atomic mass is 10.0. The van der Waals surface area contributed by atoms with Gasteiger partial charge < -0.3 is 15.0 Å². The largest absolute Gasteiger partial charge is 0.450 e. The minimum atomic E-state index is -0.361. The Morgan fingerprint density at radius 2 is 1.95 bits per heavy atom. The molecule has 0 aliphatic carbocycles. The molecule has 1 aromatic rings. The van der Waals surface area contributed by atoms with Crippen molar-refractivity contribution in [2.24, 2.45) is 0 Å². The molecule has 1 N–H and O–H groups in total. The van der Waals surface area contributed by atoms with Crippen molar-refractivity contribution in [3.8, 4) is 0 Å². The Kier molecular flexibility index (Phi) is 6.97. The Morgan fingerprint density at radius 1 is 1.26 bits per heavy atom. The number of hydrogen-bond donors (Lipinski definition) is 1. The molecule has 0 fully saturated rings. The van der Waals surface area contributed by atoms with E-state index < -0.39 is 0 Å². The summed E-state index contributed by atoms with van der Waals surface area (Å²) in [4.78, 5) is 13.2. The molecule has 19 heavy (non-hydrogen) atoms. The molecular formula is C15H24N2O2. The lowest BCUT2D eigenvalue weighted by Gasteiger charge is -2.24. The zero-order valence-corrected chi connectivity index (χ0v) is 12.1. The number of nitrogens with one attached hydrogen (secondary N) is 1. The molecular weight excluding hydrogens is 240 g/mol. The van der Waals surface area contributed by atoms with Crippen LogP contribution >= 0.6 is 0 Å². The number of carbonyl (C=O) groups excluding carboxylic acids is 1. The van der Waals surface area contributed by atoms with E-state index in [1.807, 2.05) is 6.07 Å². The number of rotatable bonds is 7. The van der Waals surface area contributed by atoms with Crippen LogP contribution in [0.3, 0.4) is 0 Å². The van der Waals surface area contributed by atoms with E-state index in [0.717, 1.165) is 19.3 Å². The van der Waals surface area contributed by atoms with Crippen molar-refractivity contribution >= 4 is 6.09 Å². The van der Waals surface area contributed by atoms with Crippen molar-refractivity contribution in [1.82, 2.24) is 10.2 Å². The standard InChI is InChI=1S/C15H24N2O2/c1-16-15(18)19-12-11-14(17(2)3)10-9-13-7-5-4-6-8-13/h4-8,14H,9-12H2,1-3H3,(H,16,18). The summed E-state index contributed by atoms with van der Waals surface area (Å²) >= 11 is 0. The van der Waals surface area contributed by atoms with Gasteiger partial charge in [0.05, 0.1) is 6.61 Å². The molecule has 0 aromatic heterocycles. The molecule has 106 valence electrons. The predicted octanol–water partition coefficient (Wildman–Crippen LogP) is 2.30. The summed E-state index contributed by atoms with van der Waals surface area (Å²) < 4.78 is 5.05. The lowest BCUT2D eigenvalue weighted by molar-refractivity contribution is 0.132. The van der Waals surface area contributed by atoms with Gasteiger partial charge in [0, 0.05) is 13.1 Å². The Hall–Kier alpha value is -1.55. The highest BCUT2D eigenvalue weighted by molar-refractivity contribution is 5.66. The zero-order valence-electron chi connectivity index (χ0n) is 12.1. The highest BCUT2D eigenvalue weighted by Gasteiger charge is 2.12. The first-order valence-corrected chi connectivity index (χ1v) is 6.68. The van der Waals surface area contributed by atoms with Gasteiger partial charge in [0.2, 0.25) is 0 Å². The molecule has 1 aromatic carbocycles. The summed E-state index contributed by atoms with van der Waals surface area (Å²) in [6, 6.07) is 10.9. The number of benzene rings is 1. The first-order valence-electron chi connectivity index (χ1n) is 6.68. The monoisotopic (exact) mass is 264 g/mol. The van der Waals surface area contributed by atoms with Crippen molar-refractivity contribution in [2.45, 2.75) is 25.3 Å². The molecule has 0 aliphatic rings. The molecule has 0 heterocycles. The van der Waals surface area contributed by atoms with Crippen LogP contribution in [-0.2, 0) is 11.2 Å². The van der Waals surface area contributed by atoms with Crippen molar-refractivity contribution in [2.75, 3.05) is 27.7 Å². The number of aryl methyl sites for hydroxylation is 1. The van der Waals surface area contributed by atoms with Gasteiger partial charge in [-0.1, -0.05) is 30.3 Å². The second-order valence-electron chi connectivity index (χ2n) is 4.82. The van der Waals surface area contributed by atoms with E-state index in [0.29, 0.717) is 12.6 Å². The fraction of sp³-hybridized carbons (Fsp3) is 0.533. The molecule has 0 radical (unpaired) electrons. The highest BCUT2D eigenvalue weighted by atomic mass is 16.5. The third kappa shape index (κ3) is 6.25. The third-order valence-electron chi connectivity index (χ3n) is 3.23. The second-order valence-corrected chi connectivity index (χ2v) is 4.82. The summed E-state index contributed by atoms with van der Waals surface area (Å²) in [5.74, 6) is 0.